The van der Waals surface area contributed by atoms with Gasteiger partial charge in [-0.25, -0.2) is 9.98 Å². The van der Waals surface area contributed by atoms with Crippen molar-refractivity contribution in [3.05, 3.63) is 23.7 Å². The van der Waals surface area contributed by atoms with Gasteiger partial charge in [0.2, 0.25) is 5.88 Å². The number of thiol groups is 1. The Balaban J connectivity index is 2.13. The van der Waals surface area contributed by atoms with E-state index in [1.54, 1.807) is 12.1 Å². The molecule has 0 saturated heterocycles. The van der Waals surface area contributed by atoms with Gasteiger partial charge in [0.25, 0.3) is 0 Å². The van der Waals surface area contributed by atoms with Crippen molar-refractivity contribution < 1.29 is 19.1 Å². The van der Waals surface area contributed by atoms with Crippen LogP contribution in [0.5, 0.6) is 5.88 Å². The molecule has 3 N–H and O–H groups in total. The van der Waals surface area contributed by atoms with E-state index in [1.807, 2.05) is 0 Å². The Kier molecular flexibility index (Phi) is 4.43. The van der Waals surface area contributed by atoms with Crippen molar-refractivity contribution in [2.45, 2.75) is 18.7 Å². The van der Waals surface area contributed by atoms with E-state index in [2.05, 4.69) is 27.6 Å². The van der Waals surface area contributed by atoms with Crippen molar-refractivity contribution in [1.82, 2.24) is 9.97 Å². The third kappa shape index (κ3) is 3.96. The van der Waals surface area contributed by atoms with Crippen molar-refractivity contribution in [2.75, 3.05) is 5.73 Å². The number of esters is 1. The number of aromatic nitrogens is 2. The number of furan rings is 1. The smallest absolute Gasteiger partial charge is 0.303 e. The minimum Gasteiger partial charge on any atom is -0.492 e. The number of nitrogens with two attached hydrogens (primary N) is 1. The van der Waals surface area contributed by atoms with E-state index in [1.165, 1.54) is 13.1 Å². The van der Waals surface area contributed by atoms with Gasteiger partial charge in [-0.05, 0) is 12.1 Å². The molecule has 0 aliphatic rings. The second kappa shape index (κ2) is 6.27. The predicted octanol–water partition coefficient (Wildman–Crippen LogP) is 1.46. The van der Waals surface area contributed by atoms with E-state index >= 15 is 0 Å². The number of hydrogen-bond acceptors (Lipinski definition) is 9. The molecular formula is C12H12N4O4S. The molecule has 0 aromatic carbocycles. The molecule has 0 spiro atoms. The topological polar surface area (TPSA) is 124 Å². The maximum Gasteiger partial charge on any atom is 0.303 e. The van der Waals surface area contributed by atoms with Gasteiger partial charge in [0, 0.05) is 6.92 Å². The van der Waals surface area contributed by atoms with Crippen LogP contribution in [-0.2, 0) is 16.1 Å². The first-order valence-corrected chi connectivity index (χ1v) is 6.22. The highest BCUT2D eigenvalue weighted by atomic mass is 32.1. The molecule has 8 nitrogen and oxygen atoms in total. The number of aromatic hydroxyl groups is 1. The van der Waals surface area contributed by atoms with Crippen LogP contribution in [0.2, 0.25) is 0 Å². The summed E-state index contributed by atoms with van der Waals surface area (Å²) in [6, 6.07) is 3.27. The van der Waals surface area contributed by atoms with Crippen molar-refractivity contribution in [3.8, 4) is 5.88 Å². The highest BCUT2D eigenvalue weighted by molar-refractivity contribution is 7.80. The number of aliphatic imine (C=N–C) groups is 1. The fourth-order valence-corrected chi connectivity index (χ4v) is 1.62. The molecule has 9 heteroatoms. The van der Waals surface area contributed by atoms with Crippen molar-refractivity contribution in [1.29, 1.82) is 0 Å². The average Bonchev–Trinajstić information content (AvgIpc) is 2.83. The van der Waals surface area contributed by atoms with E-state index in [-0.39, 0.29) is 29.1 Å². The first-order chi connectivity index (χ1) is 9.95. The zero-order valence-corrected chi connectivity index (χ0v) is 11.9. The second-order valence-corrected chi connectivity index (χ2v) is 4.32. The first kappa shape index (κ1) is 14.9. The van der Waals surface area contributed by atoms with Crippen molar-refractivity contribution in [3.63, 3.8) is 0 Å². The van der Waals surface area contributed by atoms with Crippen LogP contribution in [0.3, 0.4) is 0 Å². The van der Waals surface area contributed by atoms with Gasteiger partial charge in [-0.15, -0.1) is 12.6 Å². The Morgan fingerprint density at radius 1 is 1.57 bits per heavy atom. The summed E-state index contributed by atoms with van der Waals surface area (Å²) in [5.74, 6) is 0.0749. The molecule has 0 saturated carbocycles. The van der Waals surface area contributed by atoms with Crippen LogP contribution in [0.15, 0.2) is 26.7 Å². The van der Waals surface area contributed by atoms with E-state index in [0.717, 1.165) is 0 Å². The molecule has 0 aliphatic heterocycles. The van der Waals surface area contributed by atoms with Crippen LogP contribution in [0.4, 0.5) is 11.5 Å². The van der Waals surface area contributed by atoms with Crippen LogP contribution >= 0.6 is 12.6 Å². The summed E-state index contributed by atoms with van der Waals surface area (Å²) in [7, 11) is 0. The Hall–Kier alpha value is -2.55. The normalized spacial score (nSPS) is 11.0. The number of anilines is 1. The summed E-state index contributed by atoms with van der Waals surface area (Å²) in [4.78, 5) is 22.0. The van der Waals surface area contributed by atoms with Crippen molar-refractivity contribution >= 4 is 36.3 Å². The van der Waals surface area contributed by atoms with Crippen LogP contribution < -0.4 is 5.73 Å². The monoisotopic (exact) mass is 308 g/mol. The number of rotatable bonds is 4. The van der Waals surface area contributed by atoms with Crippen LogP contribution in [-0.4, -0.2) is 27.3 Å². The minimum atomic E-state index is -0.400. The van der Waals surface area contributed by atoms with Gasteiger partial charge in [0.1, 0.15) is 18.1 Å². The third-order valence-corrected chi connectivity index (χ3v) is 2.50. The Morgan fingerprint density at radius 2 is 2.33 bits per heavy atom. The SMILES string of the molecule is CC(=O)OCc1ccc(/C=N/c2c(N)nc(S)nc2O)o1. The van der Waals surface area contributed by atoms with Gasteiger partial charge in [-0.3, -0.25) is 4.79 Å². The highest BCUT2D eigenvalue weighted by Gasteiger charge is 2.09. The molecule has 0 unspecified atom stereocenters. The molecule has 0 fully saturated rings. The number of carbonyl (C=O) groups is 1. The molecule has 21 heavy (non-hydrogen) atoms. The molecule has 0 amide bonds. The average molecular weight is 308 g/mol. The molecule has 0 aliphatic carbocycles. The molecule has 0 bridgehead atoms. The molecule has 2 aromatic heterocycles. The lowest BCUT2D eigenvalue weighted by Crippen LogP contribution is -1.97. The van der Waals surface area contributed by atoms with Gasteiger partial charge >= 0.3 is 5.97 Å². The maximum atomic E-state index is 10.7. The molecule has 0 radical (unpaired) electrons. The summed E-state index contributed by atoms with van der Waals surface area (Å²) >= 11 is 3.88. The number of hydrogen-bond donors (Lipinski definition) is 3. The molecule has 2 aromatic rings. The zero-order chi connectivity index (χ0) is 15.4. The van der Waals surface area contributed by atoms with Gasteiger partial charge in [-0.1, -0.05) is 0 Å². The number of ether oxygens (including phenoxy) is 1. The summed E-state index contributed by atoms with van der Waals surface area (Å²) < 4.78 is 10.1. The highest BCUT2D eigenvalue weighted by Crippen LogP contribution is 2.29. The summed E-state index contributed by atoms with van der Waals surface area (Å²) in [6.45, 7) is 1.34. The molecular weight excluding hydrogens is 296 g/mol. The quantitative estimate of drug-likeness (QED) is 0.338. The van der Waals surface area contributed by atoms with Gasteiger partial charge in [0.15, 0.2) is 16.7 Å². The number of nitrogen functional groups attached to an aromatic ring is 1. The molecule has 0 atom stereocenters. The zero-order valence-electron chi connectivity index (χ0n) is 11.0. The molecule has 110 valence electrons. The largest absolute Gasteiger partial charge is 0.492 e. The third-order valence-electron chi connectivity index (χ3n) is 2.30. The second-order valence-electron chi connectivity index (χ2n) is 3.92. The lowest BCUT2D eigenvalue weighted by molar-refractivity contribution is -0.142. The lowest BCUT2D eigenvalue weighted by atomic mass is 10.4. The van der Waals surface area contributed by atoms with E-state index < -0.39 is 5.97 Å². The van der Waals surface area contributed by atoms with Crippen LogP contribution in [0.25, 0.3) is 0 Å². The predicted molar refractivity (Wildman–Crippen MR) is 76.8 cm³/mol. The summed E-state index contributed by atoms with van der Waals surface area (Å²) in [5.41, 5.74) is 5.63. The fraction of sp³-hybridized carbons (Fsp3) is 0.167. The Morgan fingerprint density at radius 3 is 3.00 bits per heavy atom. The van der Waals surface area contributed by atoms with Crippen molar-refractivity contribution in [2.24, 2.45) is 4.99 Å². The minimum absolute atomic E-state index is 0.00422. The van der Waals surface area contributed by atoms with Gasteiger partial charge < -0.3 is 20.0 Å². The Bertz CT molecular complexity index is 675. The maximum absolute atomic E-state index is 10.7. The standard InChI is InChI=1S/C12H12N4O4S/c1-6(17)19-5-8-3-2-7(20-8)4-14-9-10(13)15-12(21)16-11(9)18/h2-4H,5H2,1H3,(H4,13,15,16,18,21)/b14-4+. The molecule has 2 heterocycles. The van der Waals surface area contributed by atoms with Crippen LogP contribution in [0.1, 0.15) is 18.4 Å². The molecule has 2 rings (SSSR count). The summed E-state index contributed by atoms with van der Waals surface area (Å²) in [5, 5.41) is 9.67. The van der Waals surface area contributed by atoms with Gasteiger partial charge in [-0.2, -0.15) is 4.98 Å². The van der Waals surface area contributed by atoms with Gasteiger partial charge in [0.05, 0.1) is 6.21 Å². The van der Waals surface area contributed by atoms with E-state index in [4.69, 9.17) is 14.9 Å². The summed E-state index contributed by atoms with van der Waals surface area (Å²) in [6.07, 6.45) is 1.34. The first-order valence-electron chi connectivity index (χ1n) is 5.77. The van der Waals surface area contributed by atoms with Crippen LogP contribution in [0, 0.1) is 0 Å². The van der Waals surface area contributed by atoms with E-state index in [9.17, 15) is 9.90 Å². The Labute approximate surface area is 125 Å². The van der Waals surface area contributed by atoms with E-state index in [0.29, 0.717) is 11.5 Å². The number of nitrogens with zero attached hydrogens (tertiary/aromatic N) is 3. The fourth-order valence-electron chi connectivity index (χ4n) is 1.41. The lowest BCUT2D eigenvalue weighted by Gasteiger charge is -2.01. The number of carbonyl (C=O) groups excluding carboxylic acids is 1.